The van der Waals surface area contributed by atoms with Gasteiger partial charge in [0.15, 0.2) is 0 Å². The smallest absolute Gasteiger partial charge is 0.212 e. The number of hydrogen-bond donors (Lipinski definition) is 1. The van der Waals surface area contributed by atoms with E-state index in [4.69, 9.17) is 0 Å². The van der Waals surface area contributed by atoms with Gasteiger partial charge in [-0.15, -0.1) is 0 Å². The van der Waals surface area contributed by atoms with E-state index in [2.05, 4.69) is 5.32 Å². The first kappa shape index (κ1) is 9.47. The van der Waals surface area contributed by atoms with Crippen LogP contribution >= 0.6 is 0 Å². The molecule has 1 atom stereocenters. The van der Waals surface area contributed by atoms with Crippen LogP contribution < -0.4 is 5.32 Å². The standard InChI is InChI=1S/C6H12N2O3S/c1-12(10,11)8-4-2-3-6(8)7-5-9/h5-6H,2-4H2,1H3,(H,7,9). The van der Waals surface area contributed by atoms with Gasteiger partial charge in [0.05, 0.1) is 12.4 Å². The van der Waals surface area contributed by atoms with Crippen molar-refractivity contribution < 1.29 is 13.2 Å². The molecule has 0 saturated carbocycles. The van der Waals surface area contributed by atoms with Crippen LogP contribution in [0.15, 0.2) is 0 Å². The van der Waals surface area contributed by atoms with Crippen molar-refractivity contribution in [2.45, 2.75) is 19.0 Å². The molecule has 5 nitrogen and oxygen atoms in total. The zero-order valence-corrected chi connectivity index (χ0v) is 7.67. The number of nitrogens with zero attached hydrogens (tertiary/aromatic N) is 1. The summed E-state index contributed by atoms with van der Waals surface area (Å²) in [5, 5.41) is 2.47. The van der Waals surface area contributed by atoms with Crippen molar-refractivity contribution in [3.05, 3.63) is 0 Å². The Bertz CT molecular complexity index is 262. The summed E-state index contributed by atoms with van der Waals surface area (Å²) in [4.78, 5) is 10.1. The van der Waals surface area contributed by atoms with Gasteiger partial charge in [-0.3, -0.25) is 4.79 Å². The highest BCUT2D eigenvalue weighted by atomic mass is 32.2. The molecule has 1 rings (SSSR count). The van der Waals surface area contributed by atoms with Crippen molar-refractivity contribution in [3.63, 3.8) is 0 Å². The van der Waals surface area contributed by atoms with E-state index >= 15 is 0 Å². The largest absolute Gasteiger partial charge is 0.342 e. The molecule has 0 bridgehead atoms. The van der Waals surface area contributed by atoms with Crippen molar-refractivity contribution in [3.8, 4) is 0 Å². The van der Waals surface area contributed by atoms with E-state index in [0.717, 1.165) is 12.7 Å². The molecule has 1 amide bonds. The molecule has 1 heterocycles. The van der Waals surface area contributed by atoms with Crippen LogP contribution in [0, 0.1) is 0 Å². The van der Waals surface area contributed by atoms with Gasteiger partial charge in [0.1, 0.15) is 0 Å². The average Bonchev–Trinajstić information content (AvgIpc) is 2.34. The van der Waals surface area contributed by atoms with Gasteiger partial charge in [0, 0.05) is 6.54 Å². The fourth-order valence-electron chi connectivity index (χ4n) is 1.38. The fraction of sp³-hybridized carbons (Fsp3) is 0.833. The lowest BCUT2D eigenvalue weighted by Gasteiger charge is -2.20. The molecule has 12 heavy (non-hydrogen) atoms. The highest BCUT2D eigenvalue weighted by Gasteiger charge is 2.30. The lowest BCUT2D eigenvalue weighted by molar-refractivity contribution is -0.110. The number of hydrogen-bond acceptors (Lipinski definition) is 3. The summed E-state index contributed by atoms with van der Waals surface area (Å²) < 4.78 is 23.5. The van der Waals surface area contributed by atoms with Crippen LogP contribution in [0.5, 0.6) is 0 Å². The molecule has 0 spiro atoms. The van der Waals surface area contributed by atoms with E-state index in [-0.39, 0.29) is 6.17 Å². The third-order valence-electron chi connectivity index (χ3n) is 1.89. The average molecular weight is 192 g/mol. The summed E-state index contributed by atoms with van der Waals surface area (Å²) >= 11 is 0. The monoisotopic (exact) mass is 192 g/mol. The van der Waals surface area contributed by atoms with Gasteiger partial charge in [0.2, 0.25) is 16.4 Å². The van der Waals surface area contributed by atoms with Gasteiger partial charge in [-0.05, 0) is 12.8 Å². The highest BCUT2D eigenvalue weighted by molar-refractivity contribution is 7.88. The lowest BCUT2D eigenvalue weighted by atomic mass is 10.3. The maximum Gasteiger partial charge on any atom is 0.212 e. The third kappa shape index (κ3) is 1.95. The second-order valence-corrected chi connectivity index (χ2v) is 4.75. The van der Waals surface area contributed by atoms with Crippen LogP contribution in [-0.4, -0.2) is 38.1 Å². The van der Waals surface area contributed by atoms with E-state index < -0.39 is 10.0 Å². The summed E-state index contributed by atoms with van der Waals surface area (Å²) in [6.07, 6.45) is 2.86. The van der Waals surface area contributed by atoms with E-state index in [1.54, 1.807) is 0 Å². The van der Waals surface area contributed by atoms with Gasteiger partial charge < -0.3 is 5.32 Å². The molecule has 0 aromatic heterocycles. The van der Waals surface area contributed by atoms with Crippen LogP contribution in [0.1, 0.15) is 12.8 Å². The molecular formula is C6H12N2O3S. The van der Waals surface area contributed by atoms with Gasteiger partial charge in [0.25, 0.3) is 0 Å². The van der Waals surface area contributed by atoms with E-state index in [0.29, 0.717) is 19.4 Å². The Kier molecular flexibility index (Phi) is 2.69. The van der Waals surface area contributed by atoms with Crippen molar-refractivity contribution >= 4 is 16.4 Å². The van der Waals surface area contributed by atoms with Crippen LogP contribution in [0.25, 0.3) is 0 Å². The third-order valence-corrected chi connectivity index (χ3v) is 3.18. The van der Waals surface area contributed by atoms with Gasteiger partial charge in [-0.2, -0.15) is 4.31 Å². The second kappa shape index (κ2) is 3.40. The van der Waals surface area contributed by atoms with Crippen molar-refractivity contribution in [2.24, 2.45) is 0 Å². The Hall–Kier alpha value is -0.620. The number of amides is 1. The molecular weight excluding hydrogens is 180 g/mol. The van der Waals surface area contributed by atoms with Gasteiger partial charge in [-0.1, -0.05) is 0 Å². The molecule has 0 radical (unpaired) electrons. The number of carbonyl (C=O) groups is 1. The maximum absolute atomic E-state index is 11.1. The minimum atomic E-state index is -3.16. The first-order valence-corrected chi connectivity index (χ1v) is 5.57. The predicted octanol–water partition coefficient (Wildman–Crippen LogP) is -0.886. The summed E-state index contributed by atoms with van der Waals surface area (Å²) in [6, 6.07) is 0. The molecule has 1 unspecified atom stereocenters. The molecule has 1 fully saturated rings. The molecule has 1 saturated heterocycles. The molecule has 1 aliphatic rings. The molecule has 0 aliphatic carbocycles. The van der Waals surface area contributed by atoms with Crippen LogP contribution in [-0.2, 0) is 14.8 Å². The van der Waals surface area contributed by atoms with E-state index in [1.165, 1.54) is 4.31 Å². The van der Waals surface area contributed by atoms with Crippen molar-refractivity contribution in [1.82, 2.24) is 9.62 Å². The topological polar surface area (TPSA) is 66.5 Å². The number of sulfonamides is 1. The minimum absolute atomic E-state index is 0.336. The summed E-state index contributed by atoms with van der Waals surface area (Å²) in [7, 11) is -3.16. The van der Waals surface area contributed by atoms with Crippen molar-refractivity contribution in [2.75, 3.05) is 12.8 Å². The molecule has 0 aromatic carbocycles. The SMILES string of the molecule is CS(=O)(=O)N1CCCC1NC=O. The van der Waals surface area contributed by atoms with Crippen LogP contribution in [0.4, 0.5) is 0 Å². The van der Waals surface area contributed by atoms with Gasteiger partial charge >= 0.3 is 0 Å². The summed E-state index contributed by atoms with van der Waals surface area (Å²) in [5.74, 6) is 0. The number of carbonyl (C=O) groups excluding carboxylic acids is 1. The molecule has 1 N–H and O–H groups in total. The Morgan fingerprint density at radius 3 is 2.75 bits per heavy atom. The highest BCUT2D eigenvalue weighted by Crippen LogP contribution is 2.17. The predicted molar refractivity (Wildman–Crippen MR) is 43.8 cm³/mol. The molecule has 6 heteroatoms. The quantitative estimate of drug-likeness (QED) is 0.590. The number of nitrogens with one attached hydrogen (secondary N) is 1. The molecule has 70 valence electrons. The minimum Gasteiger partial charge on any atom is -0.342 e. The first-order valence-electron chi connectivity index (χ1n) is 3.72. The zero-order valence-electron chi connectivity index (χ0n) is 6.86. The zero-order chi connectivity index (χ0) is 9.19. The Morgan fingerprint density at radius 1 is 1.58 bits per heavy atom. The fourth-order valence-corrected chi connectivity index (χ4v) is 2.47. The first-order chi connectivity index (χ1) is 5.55. The maximum atomic E-state index is 11.1. The van der Waals surface area contributed by atoms with Crippen LogP contribution in [0.2, 0.25) is 0 Å². The molecule has 1 aliphatic heterocycles. The molecule has 0 aromatic rings. The lowest BCUT2D eigenvalue weighted by Crippen LogP contribution is -2.43. The van der Waals surface area contributed by atoms with E-state index in [1.807, 2.05) is 0 Å². The van der Waals surface area contributed by atoms with Crippen LogP contribution in [0.3, 0.4) is 0 Å². The summed E-state index contributed by atoms with van der Waals surface area (Å²) in [6.45, 7) is 0.504. The van der Waals surface area contributed by atoms with Crippen molar-refractivity contribution in [1.29, 1.82) is 0 Å². The number of rotatable bonds is 3. The normalized spacial score (nSPS) is 25.6. The Labute approximate surface area is 71.8 Å². The van der Waals surface area contributed by atoms with E-state index in [9.17, 15) is 13.2 Å². The Balaban J connectivity index is 2.70. The Morgan fingerprint density at radius 2 is 2.25 bits per heavy atom. The second-order valence-electron chi connectivity index (χ2n) is 2.82. The summed E-state index contributed by atoms with van der Waals surface area (Å²) in [5.41, 5.74) is 0. The van der Waals surface area contributed by atoms with Gasteiger partial charge in [-0.25, -0.2) is 8.42 Å².